The van der Waals surface area contributed by atoms with Crippen molar-refractivity contribution in [1.29, 1.82) is 0 Å². The monoisotopic (exact) mass is 347 g/mol. The quantitative estimate of drug-likeness (QED) is 0.515. The SMILES string of the molecule is O=c1[nH]c(Nc2ccc(CCO)cc2)nc2c1cnn2-c1ccccc1. The number of aromatic nitrogens is 4. The lowest BCUT2D eigenvalue weighted by Gasteiger charge is -2.07. The summed E-state index contributed by atoms with van der Waals surface area (Å²) in [4.78, 5) is 19.6. The fourth-order valence-corrected chi connectivity index (χ4v) is 2.76. The Morgan fingerprint density at radius 1 is 1.08 bits per heavy atom. The standard InChI is InChI=1S/C19H17N5O2/c25-11-10-13-6-8-14(9-7-13)21-19-22-17-16(18(26)23-19)12-20-24(17)15-4-2-1-3-5-15/h1-9,12,25H,10-11H2,(H2,21,22,23,26). The van der Waals surface area contributed by atoms with Crippen molar-refractivity contribution >= 4 is 22.7 Å². The van der Waals surface area contributed by atoms with Gasteiger partial charge in [0.2, 0.25) is 5.95 Å². The first kappa shape index (κ1) is 16.0. The zero-order chi connectivity index (χ0) is 17.9. The molecule has 0 atom stereocenters. The van der Waals surface area contributed by atoms with Crippen LogP contribution in [0.15, 0.2) is 65.6 Å². The van der Waals surface area contributed by atoms with E-state index < -0.39 is 0 Å². The van der Waals surface area contributed by atoms with Gasteiger partial charge in [0.15, 0.2) is 5.65 Å². The average Bonchev–Trinajstić information content (AvgIpc) is 3.09. The highest BCUT2D eigenvalue weighted by Crippen LogP contribution is 2.17. The van der Waals surface area contributed by atoms with Crippen molar-refractivity contribution in [3.8, 4) is 5.69 Å². The summed E-state index contributed by atoms with van der Waals surface area (Å²) in [5.41, 5.74) is 2.90. The minimum Gasteiger partial charge on any atom is -0.396 e. The van der Waals surface area contributed by atoms with E-state index in [4.69, 9.17) is 5.11 Å². The lowest BCUT2D eigenvalue weighted by atomic mass is 10.1. The molecule has 0 unspecified atom stereocenters. The Labute approximate surface area is 149 Å². The minimum absolute atomic E-state index is 0.113. The van der Waals surface area contributed by atoms with Gasteiger partial charge in [0.05, 0.1) is 11.9 Å². The Balaban J connectivity index is 1.71. The molecule has 26 heavy (non-hydrogen) atoms. The van der Waals surface area contributed by atoms with Gasteiger partial charge in [-0.2, -0.15) is 10.1 Å². The fourth-order valence-electron chi connectivity index (χ4n) is 2.76. The van der Waals surface area contributed by atoms with Gasteiger partial charge in [-0.15, -0.1) is 0 Å². The Morgan fingerprint density at radius 3 is 2.58 bits per heavy atom. The van der Waals surface area contributed by atoms with Crippen LogP contribution in [0, 0.1) is 0 Å². The van der Waals surface area contributed by atoms with Gasteiger partial charge in [0.25, 0.3) is 5.56 Å². The van der Waals surface area contributed by atoms with Crippen LogP contribution in [-0.2, 0) is 6.42 Å². The number of anilines is 2. The maximum atomic E-state index is 12.4. The summed E-state index contributed by atoms with van der Waals surface area (Å²) in [5.74, 6) is 0.343. The molecule has 2 aromatic carbocycles. The molecule has 0 radical (unpaired) electrons. The molecule has 2 aromatic heterocycles. The maximum absolute atomic E-state index is 12.4. The third kappa shape index (κ3) is 3.07. The zero-order valence-corrected chi connectivity index (χ0v) is 13.9. The highest BCUT2D eigenvalue weighted by molar-refractivity contribution is 5.76. The smallest absolute Gasteiger partial charge is 0.263 e. The van der Waals surface area contributed by atoms with Gasteiger partial charge in [0, 0.05) is 12.3 Å². The van der Waals surface area contributed by atoms with Crippen LogP contribution in [0.3, 0.4) is 0 Å². The van der Waals surface area contributed by atoms with E-state index in [1.165, 1.54) is 6.20 Å². The van der Waals surface area contributed by atoms with Crippen LogP contribution < -0.4 is 10.9 Å². The number of nitrogens with one attached hydrogen (secondary N) is 2. The van der Waals surface area contributed by atoms with Gasteiger partial charge >= 0.3 is 0 Å². The molecule has 0 bridgehead atoms. The lowest BCUT2D eigenvalue weighted by molar-refractivity contribution is 0.299. The van der Waals surface area contributed by atoms with Crippen molar-refractivity contribution in [1.82, 2.24) is 19.7 Å². The van der Waals surface area contributed by atoms with Crippen molar-refractivity contribution < 1.29 is 5.11 Å². The number of benzene rings is 2. The fraction of sp³-hybridized carbons (Fsp3) is 0.105. The van der Waals surface area contributed by atoms with Crippen LogP contribution in [0.5, 0.6) is 0 Å². The zero-order valence-electron chi connectivity index (χ0n) is 13.9. The molecule has 2 heterocycles. The van der Waals surface area contributed by atoms with Gasteiger partial charge in [-0.05, 0) is 36.2 Å². The topological polar surface area (TPSA) is 95.8 Å². The van der Waals surface area contributed by atoms with E-state index >= 15 is 0 Å². The number of aliphatic hydroxyl groups excluding tert-OH is 1. The first-order valence-electron chi connectivity index (χ1n) is 8.25. The second-order valence-corrected chi connectivity index (χ2v) is 5.84. The predicted octanol–water partition coefficient (Wildman–Crippen LogP) is 2.39. The van der Waals surface area contributed by atoms with Crippen LogP contribution >= 0.6 is 0 Å². The minimum atomic E-state index is -0.253. The van der Waals surface area contributed by atoms with Crippen molar-refractivity contribution in [2.45, 2.75) is 6.42 Å². The van der Waals surface area contributed by atoms with Gasteiger partial charge in [-0.3, -0.25) is 9.78 Å². The summed E-state index contributed by atoms with van der Waals surface area (Å²) in [7, 11) is 0. The van der Waals surface area contributed by atoms with Crippen molar-refractivity contribution in [2.75, 3.05) is 11.9 Å². The number of aromatic amines is 1. The first-order chi connectivity index (χ1) is 12.7. The van der Waals surface area contributed by atoms with Gasteiger partial charge in [0.1, 0.15) is 5.39 Å². The molecule has 7 nitrogen and oxygen atoms in total. The lowest BCUT2D eigenvalue weighted by Crippen LogP contribution is -2.11. The van der Waals surface area contributed by atoms with Gasteiger partial charge in [-0.1, -0.05) is 30.3 Å². The second-order valence-electron chi connectivity index (χ2n) is 5.84. The molecule has 0 fully saturated rings. The number of H-pyrrole nitrogens is 1. The predicted molar refractivity (Wildman–Crippen MR) is 100 cm³/mol. The van der Waals surface area contributed by atoms with E-state index in [0.717, 1.165) is 16.9 Å². The summed E-state index contributed by atoms with van der Waals surface area (Å²) in [6.45, 7) is 0.113. The third-order valence-electron chi connectivity index (χ3n) is 4.06. The molecule has 130 valence electrons. The van der Waals surface area contributed by atoms with E-state index in [2.05, 4.69) is 20.4 Å². The summed E-state index contributed by atoms with van der Waals surface area (Å²) in [5, 5.41) is 16.8. The summed E-state index contributed by atoms with van der Waals surface area (Å²) < 4.78 is 1.64. The highest BCUT2D eigenvalue weighted by Gasteiger charge is 2.11. The molecular formula is C19H17N5O2. The van der Waals surface area contributed by atoms with Crippen LogP contribution in [0.25, 0.3) is 16.7 Å². The summed E-state index contributed by atoms with van der Waals surface area (Å²) >= 11 is 0. The molecule has 7 heteroatoms. The normalized spacial score (nSPS) is 11.0. The van der Waals surface area contributed by atoms with Crippen LogP contribution in [-0.4, -0.2) is 31.5 Å². The molecular weight excluding hydrogens is 330 g/mol. The Bertz CT molecular complexity index is 1080. The number of hydrogen-bond donors (Lipinski definition) is 3. The third-order valence-corrected chi connectivity index (χ3v) is 4.06. The van der Waals surface area contributed by atoms with Crippen molar-refractivity contribution in [3.63, 3.8) is 0 Å². The Hall–Kier alpha value is -3.45. The molecule has 0 aliphatic heterocycles. The molecule has 0 amide bonds. The van der Waals surface area contributed by atoms with E-state index in [9.17, 15) is 4.79 Å². The number of aliphatic hydroxyl groups is 1. The van der Waals surface area contributed by atoms with Gasteiger partial charge < -0.3 is 10.4 Å². The molecule has 0 aliphatic rings. The Kier molecular flexibility index (Phi) is 4.20. The van der Waals surface area contributed by atoms with E-state index in [1.54, 1.807) is 4.68 Å². The number of para-hydroxylation sites is 1. The molecule has 0 spiro atoms. The number of fused-ring (bicyclic) bond motifs is 1. The summed E-state index contributed by atoms with van der Waals surface area (Å²) in [6, 6.07) is 17.1. The van der Waals surface area contributed by atoms with Crippen LogP contribution in [0.4, 0.5) is 11.6 Å². The first-order valence-corrected chi connectivity index (χ1v) is 8.25. The number of hydrogen-bond acceptors (Lipinski definition) is 5. The van der Waals surface area contributed by atoms with Crippen LogP contribution in [0.2, 0.25) is 0 Å². The van der Waals surface area contributed by atoms with Crippen LogP contribution in [0.1, 0.15) is 5.56 Å². The average molecular weight is 347 g/mol. The molecule has 3 N–H and O–H groups in total. The molecule has 4 aromatic rings. The van der Waals surface area contributed by atoms with Gasteiger partial charge in [-0.25, -0.2) is 4.68 Å². The second kappa shape index (κ2) is 6.81. The highest BCUT2D eigenvalue weighted by atomic mass is 16.3. The molecule has 4 rings (SSSR count). The molecule has 0 aliphatic carbocycles. The summed E-state index contributed by atoms with van der Waals surface area (Å²) in [6.07, 6.45) is 2.12. The molecule has 0 saturated carbocycles. The van der Waals surface area contributed by atoms with E-state index in [0.29, 0.717) is 23.4 Å². The van der Waals surface area contributed by atoms with Crippen molar-refractivity contribution in [3.05, 3.63) is 76.7 Å². The number of rotatable bonds is 5. The van der Waals surface area contributed by atoms with E-state index in [-0.39, 0.29) is 12.2 Å². The number of nitrogens with zero attached hydrogens (tertiary/aromatic N) is 3. The Morgan fingerprint density at radius 2 is 1.85 bits per heavy atom. The molecule has 0 saturated heterocycles. The largest absolute Gasteiger partial charge is 0.396 e. The maximum Gasteiger partial charge on any atom is 0.263 e. The van der Waals surface area contributed by atoms with E-state index in [1.807, 2.05) is 54.6 Å². The van der Waals surface area contributed by atoms with Crippen molar-refractivity contribution in [2.24, 2.45) is 0 Å².